The minimum atomic E-state index is -0.253. The fraction of sp³-hybridized carbons (Fsp3) is 0.536. The number of nitrogens with one attached hydrogen (secondary N) is 1. The maximum atomic E-state index is 13.4. The molecule has 2 aliphatic rings. The van der Waals surface area contributed by atoms with Crippen molar-refractivity contribution in [2.24, 2.45) is 5.92 Å². The van der Waals surface area contributed by atoms with Crippen LogP contribution in [0.3, 0.4) is 0 Å². The Kier molecular flexibility index (Phi) is 7.50. The number of carbonyl (C=O) groups excluding carboxylic acids is 1. The molecular weight excluding hydrogens is 468 g/mol. The lowest BCUT2D eigenvalue weighted by Crippen LogP contribution is -2.33. The second-order valence-electron chi connectivity index (χ2n) is 10.4. The molecule has 1 saturated heterocycles. The van der Waals surface area contributed by atoms with Crippen LogP contribution in [0.4, 0.5) is 17.5 Å². The molecule has 3 aromatic rings. The molecule has 9 heteroatoms. The summed E-state index contributed by atoms with van der Waals surface area (Å²) in [6.07, 6.45) is 11.8. The Morgan fingerprint density at radius 2 is 1.86 bits per heavy atom. The summed E-state index contributed by atoms with van der Waals surface area (Å²) in [6, 6.07) is 4.03. The summed E-state index contributed by atoms with van der Waals surface area (Å²) in [5.74, 6) is 1.47. The van der Waals surface area contributed by atoms with Crippen LogP contribution in [0.1, 0.15) is 80.3 Å². The number of aromatic nitrogens is 4. The molecule has 0 bridgehead atoms. The highest BCUT2D eigenvalue weighted by Crippen LogP contribution is 2.32. The first-order valence-electron chi connectivity index (χ1n) is 13.5. The summed E-state index contributed by atoms with van der Waals surface area (Å²) in [4.78, 5) is 41.9. The lowest BCUT2D eigenvalue weighted by atomic mass is 9.92. The van der Waals surface area contributed by atoms with Crippen LogP contribution in [-0.2, 0) is 0 Å². The molecule has 0 unspecified atom stereocenters. The van der Waals surface area contributed by atoms with E-state index >= 15 is 0 Å². The first-order chi connectivity index (χ1) is 18.0. The molecule has 0 radical (unpaired) electrons. The second-order valence-corrected chi connectivity index (χ2v) is 10.4. The predicted octanol–water partition coefficient (Wildman–Crippen LogP) is 4.55. The van der Waals surface area contributed by atoms with Gasteiger partial charge in [-0.15, -0.1) is 0 Å². The number of ketones is 1. The molecule has 1 saturated carbocycles. The zero-order chi connectivity index (χ0) is 25.9. The van der Waals surface area contributed by atoms with Crippen molar-refractivity contribution in [3.8, 4) is 0 Å². The van der Waals surface area contributed by atoms with Crippen LogP contribution in [0.2, 0.25) is 0 Å². The van der Waals surface area contributed by atoms with E-state index < -0.39 is 0 Å². The maximum absolute atomic E-state index is 13.4. The first-order valence-corrected chi connectivity index (χ1v) is 13.5. The Bertz CT molecular complexity index is 1320. The summed E-state index contributed by atoms with van der Waals surface area (Å²) in [6.45, 7) is 5.51. The Balaban J connectivity index is 1.38. The molecule has 1 aliphatic carbocycles. The zero-order valence-corrected chi connectivity index (χ0v) is 21.7. The van der Waals surface area contributed by atoms with Crippen LogP contribution in [0.5, 0.6) is 0 Å². The van der Waals surface area contributed by atoms with Gasteiger partial charge >= 0.3 is 0 Å². The summed E-state index contributed by atoms with van der Waals surface area (Å²) in [7, 11) is 0. The number of hydrogen-bond donors (Lipinski definition) is 2. The molecule has 9 nitrogen and oxygen atoms in total. The molecule has 5 rings (SSSR count). The van der Waals surface area contributed by atoms with E-state index in [-0.39, 0.29) is 29.6 Å². The third-order valence-corrected chi connectivity index (χ3v) is 7.99. The van der Waals surface area contributed by atoms with E-state index in [4.69, 9.17) is 10.1 Å². The van der Waals surface area contributed by atoms with Gasteiger partial charge in [-0.2, -0.15) is 4.98 Å². The SMILES string of the molecule is CC(=O)c1c(C)c2cnc(Nc3ccc(N4CCC(CCCO)CC4)cn3)nc2n(C2CCCC2)c1=O. The van der Waals surface area contributed by atoms with E-state index in [0.717, 1.165) is 75.5 Å². The van der Waals surface area contributed by atoms with Gasteiger partial charge in [-0.25, -0.2) is 9.97 Å². The van der Waals surface area contributed by atoms with Crippen molar-refractivity contribution in [1.29, 1.82) is 0 Å². The number of rotatable bonds is 8. The third kappa shape index (κ3) is 5.23. The first kappa shape index (κ1) is 25.3. The van der Waals surface area contributed by atoms with E-state index in [1.807, 2.05) is 12.3 Å². The fourth-order valence-electron chi connectivity index (χ4n) is 5.93. The van der Waals surface area contributed by atoms with Crippen molar-refractivity contribution < 1.29 is 9.90 Å². The van der Waals surface area contributed by atoms with E-state index in [0.29, 0.717) is 28.9 Å². The van der Waals surface area contributed by atoms with E-state index in [1.165, 1.54) is 6.92 Å². The fourth-order valence-corrected chi connectivity index (χ4v) is 5.93. The molecule has 4 heterocycles. The zero-order valence-electron chi connectivity index (χ0n) is 21.7. The van der Waals surface area contributed by atoms with Crippen molar-refractivity contribution in [3.63, 3.8) is 0 Å². The van der Waals surface area contributed by atoms with Crippen molar-refractivity contribution in [3.05, 3.63) is 46.0 Å². The molecule has 196 valence electrons. The molecule has 3 aromatic heterocycles. The van der Waals surface area contributed by atoms with Gasteiger partial charge in [-0.05, 0) is 76.0 Å². The predicted molar refractivity (Wildman–Crippen MR) is 145 cm³/mol. The Hall–Kier alpha value is -3.33. The standard InChI is InChI=1S/C28H36N6O3/c1-18-23-17-30-28(32-26(23)34(21-7-3-4-8-21)27(37)25(18)19(2)36)31-24-10-9-22(16-29-24)33-13-11-20(12-14-33)6-5-15-35/h9-10,16-17,20-21,35H,3-8,11-15H2,1-2H3,(H,29,30,31,32). The Labute approximate surface area is 217 Å². The molecule has 0 atom stereocenters. The van der Waals surface area contributed by atoms with E-state index in [1.54, 1.807) is 17.7 Å². The van der Waals surface area contributed by atoms with Gasteiger partial charge in [0.1, 0.15) is 11.5 Å². The third-order valence-electron chi connectivity index (χ3n) is 7.99. The number of carbonyl (C=O) groups is 1. The van der Waals surface area contributed by atoms with Gasteiger partial charge in [0.05, 0.1) is 17.4 Å². The van der Waals surface area contributed by atoms with Crippen molar-refractivity contribution >= 4 is 34.3 Å². The molecule has 37 heavy (non-hydrogen) atoms. The van der Waals surface area contributed by atoms with Crippen molar-refractivity contribution in [2.45, 2.75) is 71.3 Å². The molecule has 2 N–H and O–H groups in total. The highest BCUT2D eigenvalue weighted by molar-refractivity contribution is 5.99. The molecular formula is C28H36N6O3. The number of Topliss-reactive ketones (excluding diaryl/α,β-unsaturated/α-hetero) is 1. The lowest BCUT2D eigenvalue weighted by Gasteiger charge is -2.33. The number of anilines is 3. The summed E-state index contributed by atoms with van der Waals surface area (Å²) < 4.78 is 1.72. The number of pyridine rings is 2. The number of aliphatic hydroxyl groups excluding tert-OH is 1. The van der Waals surface area contributed by atoms with Crippen molar-refractivity contribution in [2.75, 3.05) is 29.9 Å². The quantitative estimate of drug-likeness (QED) is 0.430. The van der Waals surface area contributed by atoms with Gasteiger partial charge in [-0.1, -0.05) is 12.8 Å². The van der Waals surface area contributed by atoms with Gasteiger partial charge in [0.25, 0.3) is 5.56 Å². The normalized spacial score (nSPS) is 17.0. The number of aliphatic hydroxyl groups is 1. The highest BCUT2D eigenvalue weighted by atomic mass is 16.3. The Morgan fingerprint density at radius 1 is 1.11 bits per heavy atom. The lowest BCUT2D eigenvalue weighted by molar-refractivity contribution is 0.101. The van der Waals surface area contributed by atoms with Crippen LogP contribution in [0.15, 0.2) is 29.3 Å². The number of piperidine rings is 1. The van der Waals surface area contributed by atoms with Gasteiger partial charge in [0.15, 0.2) is 5.78 Å². The molecule has 2 fully saturated rings. The monoisotopic (exact) mass is 504 g/mol. The van der Waals surface area contributed by atoms with E-state index in [2.05, 4.69) is 26.3 Å². The molecule has 1 aliphatic heterocycles. The van der Waals surface area contributed by atoms with Crippen LogP contribution >= 0.6 is 0 Å². The smallest absolute Gasteiger partial charge is 0.263 e. The van der Waals surface area contributed by atoms with Gasteiger partial charge in [0.2, 0.25) is 5.95 Å². The summed E-state index contributed by atoms with van der Waals surface area (Å²) in [5, 5.41) is 13.0. The van der Waals surface area contributed by atoms with Crippen LogP contribution in [-0.4, -0.2) is 50.1 Å². The average Bonchev–Trinajstić information content (AvgIpc) is 3.42. The van der Waals surface area contributed by atoms with Crippen LogP contribution < -0.4 is 15.8 Å². The van der Waals surface area contributed by atoms with Crippen LogP contribution in [0, 0.1) is 12.8 Å². The number of hydrogen-bond acceptors (Lipinski definition) is 8. The van der Waals surface area contributed by atoms with Gasteiger partial charge < -0.3 is 15.3 Å². The second kappa shape index (κ2) is 11.0. The number of nitrogens with zero attached hydrogens (tertiary/aromatic N) is 5. The maximum Gasteiger partial charge on any atom is 0.263 e. The molecule has 0 aromatic carbocycles. The van der Waals surface area contributed by atoms with Gasteiger partial charge in [-0.3, -0.25) is 14.2 Å². The Morgan fingerprint density at radius 3 is 2.51 bits per heavy atom. The van der Waals surface area contributed by atoms with Gasteiger partial charge in [0, 0.05) is 37.3 Å². The minimum Gasteiger partial charge on any atom is -0.396 e. The highest BCUT2D eigenvalue weighted by Gasteiger charge is 2.26. The molecule has 0 amide bonds. The number of aryl methyl sites for hydroxylation is 1. The minimum absolute atomic E-state index is 0.0432. The average molecular weight is 505 g/mol. The summed E-state index contributed by atoms with van der Waals surface area (Å²) >= 11 is 0. The molecule has 0 spiro atoms. The summed E-state index contributed by atoms with van der Waals surface area (Å²) in [5.41, 5.74) is 2.27. The van der Waals surface area contributed by atoms with E-state index in [9.17, 15) is 9.59 Å². The van der Waals surface area contributed by atoms with Crippen molar-refractivity contribution in [1.82, 2.24) is 19.5 Å². The number of fused-ring (bicyclic) bond motifs is 1. The van der Waals surface area contributed by atoms with Crippen LogP contribution in [0.25, 0.3) is 11.0 Å². The largest absolute Gasteiger partial charge is 0.396 e. The topological polar surface area (TPSA) is 113 Å².